The molecule has 0 spiro atoms. The highest BCUT2D eigenvalue weighted by Gasteiger charge is 2.66. The fourth-order valence-corrected chi connectivity index (χ4v) is 2.80. The number of benzene rings is 1. The van der Waals surface area contributed by atoms with Crippen LogP contribution in [0.5, 0.6) is 0 Å². The van der Waals surface area contributed by atoms with Crippen molar-refractivity contribution in [2.45, 2.75) is 18.8 Å². The van der Waals surface area contributed by atoms with Gasteiger partial charge in [-0.15, -0.1) is 6.58 Å². The van der Waals surface area contributed by atoms with Crippen LogP contribution in [0.1, 0.15) is 11.3 Å². The number of carbonyl (C=O) groups is 1. The number of nitrogens with one attached hydrogen (secondary N) is 1. The van der Waals surface area contributed by atoms with Gasteiger partial charge in [-0.2, -0.15) is 13.2 Å². The van der Waals surface area contributed by atoms with Crippen molar-refractivity contribution in [3.63, 3.8) is 0 Å². The first-order valence-corrected chi connectivity index (χ1v) is 8.15. The van der Waals surface area contributed by atoms with Crippen LogP contribution in [0.25, 0.3) is 0 Å². The van der Waals surface area contributed by atoms with Crippen LogP contribution >= 0.6 is 0 Å². The highest BCUT2D eigenvalue weighted by Crippen LogP contribution is 2.40. The van der Waals surface area contributed by atoms with E-state index in [0.717, 1.165) is 4.90 Å². The molecule has 1 aliphatic heterocycles. The zero-order valence-corrected chi connectivity index (χ0v) is 14.5. The summed E-state index contributed by atoms with van der Waals surface area (Å²) in [6.07, 6.45) is -3.63. The molecule has 1 aromatic carbocycles. The summed E-state index contributed by atoms with van der Waals surface area (Å²) >= 11 is 0. The molecule has 0 saturated carbocycles. The third-order valence-electron chi connectivity index (χ3n) is 4.04. The van der Waals surface area contributed by atoms with Gasteiger partial charge in [-0.05, 0) is 19.1 Å². The van der Waals surface area contributed by atoms with Gasteiger partial charge >= 0.3 is 11.8 Å². The molecule has 140 valence electrons. The Balaban J connectivity index is 2.15. The number of pyridine rings is 1. The van der Waals surface area contributed by atoms with Crippen LogP contribution in [0.15, 0.2) is 66.2 Å². The Morgan fingerprint density at radius 3 is 2.48 bits per heavy atom. The van der Waals surface area contributed by atoms with E-state index in [4.69, 9.17) is 0 Å². The molecular weight excluding hydrogens is 357 g/mol. The van der Waals surface area contributed by atoms with E-state index in [9.17, 15) is 18.0 Å². The van der Waals surface area contributed by atoms with Crippen molar-refractivity contribution in [1.29, 1.82) is 0 Å². The van der Waals surface area contributed by atoms with Gasteiger partial charge in [0, 0.05) is 17.8 Å². The monoisotopic (exact) mass is 374 g/mol. The maximum atomic E-state index is 14.1. The molecule has 1 amide bonds. The molecule has 0 bridgehead atoms. The van der Waals surface area contributed by atoms with Gasteiger partial charge in [0.2, 0.25) is 0 Å². The van der Waals surface area contributed by atoms with Crippen molar-refractivity contribution in [2.24, 2.45) is 4.99 Å². The number of alkyl halides is 3. The topological polar surface area (TPSA) is 57.6 Å². The van der Waals surface area contributed by atoms with Crippen molar-refractivity contribution in [3.8, 4) is 0 Å². The highest BCUT2D eigenvalue weighted by molar-refractivity contribution is 6.16. The van der Waals surface area contributed by atoms with E-state index in [1.165, 1.54) is 12.1 Å². The predicted molar refractivity (Wildman–Crippen MR) is 96.3 cm³/mol. The van der Waals surface area contributed by atoms with Crippen LogP contribution in [0.3, 0.4) is 0 Å². The first kappa shape index (κ1) is 18.6. The van der Waals surface area contributed by atoms with Gasteiger partial charge in [0.1, 0.15) is 11.7 Å². The molecular formula is C19H17F3N4O. The summed E-state index contributed by atoms with van der Waals surface area (Å²) in [7, 11) is 0. The SMILES string of the molecule is C=CCN1C(=O)[C@](Nc2cccc(C)n2)(C(F)(F)F)N=C1c1ccccc1. The van der Waals surface area contributed by atoms with Gasteiger partial charge in [-0.3, -0.25) is 9.69 Å². The molecule has 1 N–H and O–H groups in total. The highest BCUT2D eigenvalue weighted by atomic mass is 19.4. The van der Waals surface area contributed by atoms with E-state index >= 15 is 0 Å². The van der Waals surface area contributed by atoms with Gasteiger partial charge in [-0.25, -0.2) is 9.98 Å². The lowest BCUT2D eigenvalue weighted by molar-refractivity contribution is -0.185. The smallest absolute Gasteiger partial charge is 0.331 e. The molecule has 5 nitrogen and oxygen atoms in total. The second-order valence-electron chi connectivity index (χ2n) is 6.00. The Morgan fingerprint density at radius 1 is 1.19 bits per heavy atom. The van der Waals surface area contributed by atoms with Gasteiger partial charge in [0.05, 0.1) is 0 Å². The van der Waals surface area contributed by atoms with Crippen LogP contribution in [-0.4, -0.2) is 40.0 Å². The van der Waals surface area contributed by atoms with Gasteiger partial charge in [-0.1, -0.05) is 42.5 Å². The molecule has 8 heteroatoms. The Kier molecular flexibility index (Phi) is 4.73. The second kappa shape index (κ2) is 6.86. The second-order valence-corrected chi connectivity index (χ2v) is 6.00. The van der Waals surface area contributed by atoms with E-state index in [2.05, 4.69) is 21.9 Å². The third kappa shape index (κ3) is 3.30. The van der Waals surface area contributed by atoms with Gasteiger partial charge in [0.15, 0.2) is 0 Å². The van der Waals surface area contributed by atoms with Crippen molar-refractivity contribution < 1.29 is 18.0 Å². The van der Waals surface area contributed by atoms with Crippen LogP contribution in [0, 0.1) is 6.92 Å². The molecule has 2 aromatic rings. The number of hydrogen-bond acceptors (Lipinski definition) is 4. The summed E-state index contributed by atoms with van der Waals surface area (Å²) in [5.41, 5.74) is -2.24. The fraction of sp³-hybridized carbons (Fsp3) is 0.211. The third-order valence-corrected chi connectivity index (χ3v) is 4.04. The van der Waals surface area contributed by atoms with Crippen LogP contribution in [0.2, 0.25) is 0 Å². The number of halogens is 3. The fourth-order valence-electron chi connectivity index (χ4n) is 2.80. The maximum Gasteiger partial charge on any atom is 0.442 e. The molecule has 1 aromatic heterocycles. The Hall–Kier alpha value is -3.16. The first-order chi connectivity index (χ1) is 12.8. The number of amides is 1. The van der Waals surface area contributed by atoms with E-state index in [1.807, 2.05) is 0 Å². The maximum absolute atomic E-state index is 14.1. The van der Waals surface area contributed by atoms with Crippen molar-refractivity contribution in [1.82, 2.24) is 9.88 Å². The summed E-state index contributed by atoms with van der Waals surface area (Å²) in [5, 5.41) is 2.22. The normalized spacial score (nSPS) is 19.8. The summed E-state index contributed by atoms with van der Waals surface area (Å²) in [6, 6.07) is 12.8. The van der Waals surface area contributed by atoms with Crippen LogP contribution in [0.4, 0.5) is 19.0 Å². The first-order valence-electron chi connectivity index (χ1n) is 8.15. The average Bonchev–Trinajstić information content (AvgIpc) is 2.90. The quantitative estimate of drug-likeness (QED) is 0.815. The molecule has 27 heavy (non-hydrogen) atoms. The van der Waals surface area contributed by atoms with Crippen molar-refractivity contribution in [3.05, 3.63) is 72.4 Å². The van der Waals surface area contributed by atoms with E-state index in [0.29, 0.717) is 11.3 Å². The summed E-state index contributed by atoms with van der Waals surface area (Å²) in [6.45, 7) is 5.07. The number of hydrogen-bond donors (Lipinski definition) is 1. The Labute approximate surface area is 154 Å². The summed E-state index contributed by atoms with van der Waals surface area (Å²) in [4.78, 5) is 21.7. The number of aromatic nitrogens is 1. The summed E-state index contributed by atoms with van der Waals surface area (Å²) in [5.74, 6) is -1.38. The van der Waals surface area contributed by atoms with Crippen LogP contribution in [-0.2, 0) is 4.79 Å². The lowest BCUT2D eigenvalue weighted by Gasteiger charge is -2.29. The number of amidine groups is 1. The minimum absolute atomic E-state index is 0.0713. The lowest BCUT2D eigenvalue weighted by atomic mass is 10.1. The number of nitrogens with zero attached hydrogens (tertiary/aromatic N) is 3. The van der Waals surface area contributed by atoms with E-state index < -0.39 is 17.7 Å². The van der Waals surface area contributed by atoms with Gasteiger partial charge < -0.3 is 5.32 Å². The predicted octanol–water partition coefficient (Wildman–Crippen LogP) is 3.54. The molecule has 2 heterocycles. The Bertz CT molecular complexity index is 895. The van der Waals surface area contributed by atoms with E-state index in [1.54, 1.807) is 49.4 Å². The molecule has 0 saturated heterocycles. The number of rotatable bonds is 5. The average molecular weight is 374 g/mol. The number of anilines is 1. The minimum atomic E-state index is -4.98. The largest absolute Gasteiger partial charge is 0.442 e. The zero-order chi connectivity index (χ0) is 19.7. The Morgan fingerprint density at radius 2 is 1.89 bits per heavy atom. The number of aryl methyl sites for hydroxylation is 1. The zero-order valence-electron chi connectivity index (χ0n) is 14.5. The minimum Gasteiger partial charge on any atom is -0.331 e. The lowest BCUT2D eigenvalue weighted by Crippen LogP contribution is -2.58. The molecule has 3 rings (SSSR count). The van der Waals surface area contributed by atoms with Gasteiger partial charge in [0.25, 0.3) is 5.91 Å². The van der Waals surface area contributed by atoms with Crippen molar-refractivity contribution in [2.75, 3.05) is 11.9 Å². The van der Waals surface area contributed by atoms with Crippen LogP contribution < -0.4 is 5.32 Å². The molecule has 1 aliphatic rings. The standard InChI is InChI=1S/C19H17F3N4O/c1-3-12-26-16(14-9-5-4-6-10-14)25-18(17(26)27,19(20,21)22)24-15-11-7-8-13(2)23-15/h3-11H,1,12H2,2H3,(H,23,24)/t18-/m1/s1. The molecule has 0 aliphatic carbocycles. The molecule has 1 atom stereocenters. The van der Waals surface area contributed by atoms with Crippen molar-refractivity contribution >= 4 is 17.6 Å². The molecule has 0 fully saturated rings. The molecule has 0 unspecified atom stereocenters. The van der Waals surface area contributed by atoms with E-state index in [-0.39, 0.29) is 18.2 Å². The number of aliphatic imine (C=N–C) groups is 1. The molecule has 0 radical (unpaired) electrons. The number of carbonyl (C=O) groups excluding carboxylic acids is 1. The summed E-state index contributed by atoms with van der Waals surface area (Å²) < 4.78 is 42.3.